The predicted molar refractivity (Wildman–Crippen MR) is 90.3 cm³/mol. The van der Waals surface area contributed by atoms with Crippen molar-refractivity contribution in [3.63, 3.8) is 0 Å². The first kappa shape index (κ1) is 15.8. The van der Waals surface area contributed by atoms with Gasteiger partial charge in [0.2, 0.25) is 0 Å². The van der Waals surface area contributed by atoms with Gasteiger partial charge in [0.05, 0.1) is 0 Å². The molecule has 3 rings (SSSR count). The molecule has 0 amide bonds. The van der Waals surface area contributed by atoms with Gasteiger partial charge in [-0.3, -0.25) is 4.90 Å². The van der Waals surface area contributed by atoms with E-state index in [1.807, 2.05) is 0 Å². The van der Waals surface area contributed by atoms with Gasteiger partial charge in [-0.25, -0.2) is 0 Å². The molecule has 2 nitrogen and oxygen atoms in total. The fourth-order valence-electron chi connectivity index (χ4n) is 5.60. The van der Waals surface area contributed by atoms with Crippen LogP contribution in [0, 0.1) is 17.3 Å². The summed E-state index contributed by atoms with van der Waals surface area (Å²) >= 11 is 0. The van der Waals surface area contributed by atoms with Crippen LogP contribution in [-0.4, -0.2) is 30.6 Å². The van der Waals surface area contributed by atoms with Crippen molar-refractivity contribution >= 4 is 0 Å². The summed E-state index contributed by atoms with van der Waals surface area (Å²) in [6.07, 6.45) is 16.1. The minimum Gasteiger partial charge on any atom is -0.329 e. The molecule has 0 bridgehead atoms. The third-order valence-electron chi connectivity index (χ3n) is 7.00. The standard InChI is InChI=1S/C19H36N2/c1-16-6-5-7-17(14-16)18(15-20)21-12-10-19(11-13-21)8-3-2-4-9-19/h16-18H,2-15,20H2,1H3. The van der Waals surface area contributed by atoms with E-state index in [2.05, 4.69) is 11.8 Å². The number of nitrogens with two attached hydrogens (primary N) is 1. The van der Waals surface area contributed by atoms with Crippen LogP contribution in [0.15, 0.2) is 0 Å². The number of nitrogens with zero attached hydrogens (tertiary/aromatic N) is 1. The lowest BCUT2D eigenvalue weighted by Crippen LogP contribution is -2.52. The van der Waals surface area contributed by atoms with Gasteiger partial charge in [0, 0.05) is 12.6 Å². The van der Waals surface area contributed by atoms with Crippen LogP contribution in [0.1, 0.15) is 77.6 Å². The van der Waals surface area contributed by atoms with E-state index in [1.165, 1.54) is 83.7 Å². The van der Waals surface area contributed by atoms with E-state index >= 15 is 0 Å². The number of hydrogen-bond donors (Lipinski definition) is 1. The third-order valence-corrected chi connectivity index (χ3v) is 7.00. The monoisotopic (exact) mass is 292 g/mol. The number of hydrogen-bond acceptors (Lipinski definition) is 2. The first-order valence-electron chi connectivity index (χ1n) is 9.67. The first-order valence-corrected chi connectivity index (χ1v) is 9.67. The lowest BCUT2D eigenvalue weighted by atomic mass is 9.67. The van der Waals surface area contributed by atoms with E-state index in [-0.39, 0.29) is 0 Å². The summed E-state index contributed by atoms with van der Waals surface area (Å²) in [6, 6.07) is 0.675. The molecule has 0 aromatic heterocycles. The fraction of sp³-hybridized carbons (Fsp3) is 1.00. The summed E-state index contributed by atoms with van der Waals surface area (Å²) in [4.78, 5) is 2.78. The highest BCUT2D eigenvalue weighted by Crippen LogP contribution is 2.45. The van der Waals surface area contributed by atoms with Gasteiger partial charge in [0.25, 0.3) is 0 Å². The zero-order valence-electron chi connectivity index (χ0n) is 14.2. The van der Waals surface area contributed by atoms with Crippen LogP contribution >= 0.6 is 0 Å². The largest absolute Gasteiger partial charge is 0.329 e. The van der Waals surface area contributed by atoms with E-state index in [1.54, 1.807) is 0 Å². The maximum Gasteiger partial charge on any atom is 0.0246 e. The summed E-state index contributed by atoms with van der Waals surface area (Å²) < 4.78 is 0. The number of likely N-dealkylation sites (tertiary alicyclic amines) is 1. The Hall–Kier alpha value is -0.0800. The van der Waals surface area contributed by atoms with Gasteiger partial charge in [0.15, 0.2) is 0 Å². The summed E-state index contributed by atoms with van der Waals surface area (Å²) in [6.45, 7) is 5.97. The summed E-state index contributed by atoms with van der Waals surface area (Å²) in [7, 11) is 0. The Labute approximate surface area is 131 Å². The Morgan fingerprint density at radius 2 is 1.71 bits per heavy atom. The molecule has 1 heterocycles. The highest BCUT2D eigenvalue weighted by atomic mass is 15.2. The molecule has 0 radical (unpaired) electrons. The Morgan fingerprint density at radius 1 is 1.00 bits per heavy atom. The zero-order chi connectivity index (χ0) is 14.7. The Morgan fingerprint density at radius 3 is 2.33 bits per heavy atom. The van der Waals surface area contributed by atoms with Crippen molar-refractivity contribution in [2.24, 2.45) is 23.0 Å². The second-order valence-corrected chi connectivity index (χ2v) is 8.43. The normalized spacial score (nSPS) is 35.7. The molecule has 1 spiro atoms. The smallest absolute Gasteiger partial charge is 0.0246 e. The summed E-state index contributed by atoms with van der Waals surface area (Å²) in [5, 5.41) is 0. The minimum atomic E-state index is 0.675. The molecular weight excluding hydrogens is 256 g/mol. The molecular formula is C19H36N2. The molecule has 0 aromatic carbocycles. The van der Waals surface area contributed by atoms with Crippen LogP contribution in [0.4, 0.5) is 0 Å². The van der Waals surface area contributed by atoms with Gasteiger partial charge in [-0.05, 0) is 68.9 Å². The summed E-state index contributed by atoms with van der Waals surface area (Å²) in [5.41, 5.74) is 6.94. The Balaban J connectivity index is 1.56. The van der Waals surface area contributed by atoms with Crippen molar-refractivity contribution in [3.05, 3.63) is 0 Å². The molecule has 3 atom stereocenters. The second-order valence-electron chi connectivity index (χ2n) is 8.43. The fourth-order valence-corrected chi connectivity index (χ4v) is 5.60. The van der Waals surface area contributed by atoms with Gasteiger partial charge in [-0.2, -0.15) is 0 Å². The van der Waals surface area contributed by atoms with Gasteiger partial charge >= 0.3 is 0 Å². The number of piperidine rings is 1. The molecule has 2 aliphatic carbocycles. The Kier molecular flexibility index (Phi) is 5.27. The van der Waals surface area contributed by atoms with E-state index in [0.29, 0.717) is 6.04 Å². The Bertz CT molecular complexity index is 312. The molecule has 2 N–H and O–H groups in total. The predicted octanol–water partition coefficient (Wildman–Crippen LogP) is 4.19. The highest BCUT2D eigenvalue weighted by Gasteiger charge is 2.38. The van der Waals surface area contributed by atoms with Crippen molar-refractivity contribution < 1.29 is 0 Å². The second kappa shape index (κ2) is 7.00. The number of rotatable bonds is 3. The molecule has 3 unspecified atom stereocenters. The molecule has 0 aromatic rings. The SMILES string of the molecule is CC1CCCC(C(CN)N2CCC3(CCCCC3)CC2)C1. The maximum absolute atomic E-state index is 6.21. The van der Waals surface area contributed by atoms with Crippen LogP contribution in [-0.2, 0) is 0 Å². The van der Waals surface area contributed by atoms with Crippen LogP contribution < -0.4 is 5.73 Å². The van der Waals surface area contributed by atoms with E-state index < -0.39 is 0 Å². The molecule has 2 heteroatoms. The molecule has 2 saturated carbocycles. The minimum absolute atomic E-state index is 0.675. The maximum atomic E-state index is 6.21. The van der Waals surface area contributed by atoms with E-state index in [0.717, 1.165) is 23.8 Å². The summed E-state index contributed by atoms with van der Waals surface area (Å²) in [5.74, 6) is 1.80. The average Bonchev–Trinajstić information content (AvgIpc) is 2.51. The quantitative estimate of drug-likeness (QED) is 0.845. The lowest BCUT2D eigenvalue weighted by molar-refractivity contribution is 0.0213. The molecule has 122 valence electrons. The van der Waals surface area contributed by atoms with Crippen LogP contribution in [0.3, 0.4) is 0 Å². The zero-order valence-corrected chi connectivity index (χ0v) is 14.2. The molecule has 1 aliphatic heterocycles. The topological polar surface area (TPSA) is 29.3 Å². The highest BCUT2D eigenvalue weighted by molar-refractivity contribution is 4.92. The van der Waals surface area contributed by atoms with Gasteiger partial charge in [0.1, 0.15) is 0 Å². The van der Waals surface area contributed by atoms with Crippen molar-refractivity contribution in [2.45, 2.75) is 83.6 Å². The van der Waals surface area contributed by atoms with Crippen molar-refractivity contribution in [1.29, 1.82) is 0 Å². The average molecular weight is 293 g/mol. The van der Waals surface area contributed by atoms with Gasteiger partial charge in [-0.15, -0.1) is 0 Å². The lowest BCUT2D eigenvalue weighted by Gasteiger charge is -2.48. The van der Waals surface area contributed by atoms with Crippen molar-refractivity contribution in [1.82, 2.24) is 4.90 Å². The van der Waals surface area contributed by atoms with Crippen LogP contribution in [0.2, 0.25) is 0 Å². The molecule has 3 fully saturated rings. The van der Waals surface area contributed by atoms with Crippen molar-refractivity contribution in [3.8, 4) is 0 Å². The first-order chi connectivity index (χ1) is 10.2. The van der Waals surface area contributed by atoms with E-state index in [4.69, 9.17) is 5.73 Å². The molecule has 21 heavy (non-hydrogen) atoms. The molecule has 1 saturated heterocycles. The van der Waals surface area contributed by atoms with E-state index in [9.17, 15) is 0 Å². The van der Waals surface area contributed by atoms with Gasteiger partial charge in [-0.1, -0.05) is 39.0 Å². The van der Waals surface area contributed by atoms with Gasteiger partial charge < -0.3 is 5.73 Å². The molecule has 3 aliphatic rings. The van der Waals surface area contributed by atoms with Crippen LogP contribution in [0.25, 0.3) is 0 Å². The third kappa shape index (κ3) is 3.64. The van der Waals surface area contributed by atoms with Crippen molar-refractivity contribution in [2.75, 3.05) is 19.6 Å². The van der Waals surface area contributed by atoms with Crippen LogP contribution in [0.5, 0.6) is 0 Å².